The van der Waals surface area contributed by atoms with Crippen LogP contribution in [-0.4, -0.2) is 25.0 Å². The number of amides is 1. The first kappa shape index (κ1) is 14.2. The van der Waals surface area contributed by atoms with Gasteiger partial charge in [-0.2, -0.15) is 0 Å². The number of esters is 1. The van der Waals surface area contributed by atoms with Crippen molar-refractivity contribution in [3.05, 3.63) is 20.8 Å². The molecule has 1 rings (SSSR count). The average molecular weight is 320 g/mol. The van der Waals surface area contributed by atoms with E-state index in [4.69, 9.17) is 0 Å². The maximum atomic E-state index is 11.9. The highest BCUT2D eigenvalue weighted by Gasteiger charge is 2.26. The molecule has 0 aliphatic carbocycles. The van der Waals surface area contributed by atoms with Crippen molar-refractivity contribution >= 4 is 39.1 Å². The smallest absolute Gasteiger partial charge is 0.328 e. The van der Waals surface area contributed by atoms with Gasteiger partial charge >= 0.3 is 5.97 Å². The lowest BCUT2D eigenvalue weighted by atomic mass is 10.0. The molecule has 1 amide bonds. The molecule has 1 unspecified atom stereocenters. The van der Waals surface area contributed by atoms with Crippen LogP contribution in [0.3, 0.4) is 0 Å². The van der Waals surface area contributed by atoms with Gasteiger partial charge in [-0.25, -0.2) is 4.79 Å². The number of methoxy groups -OCH3 is 1. The molecule has 94 valence electrons. The van der Waals surface area contributed by atoms with Crippen LogP contribution in [0.4, 0.5) is 0 Å². The van der Waals surface area contributed by atoms with Crippen molar-refractivity contribution in [2.24, 2.45) is 5.92 Å². The summed E-state index contributed by atoms with van der Waals surface area (Å²) in [5, 5.41) is 4.48. The Hall–Kier alpha value is -0.880. The predicted molar refractivity (Wildman–Crippen MR) is 70.1 cm³/mol. The number of carbonyl (C=O) groups is 2. The van der Waals surface area contributed by atoms with E-state index in [-0.39, 0.29) is 11.8 Å². The van der Waals surface area contributed by atoms with E-state index in [9.17, 15) is 9.59 Å². The zero-order valence-electron chi connectivity index (χ0n) is 9.82. The second kappa shape index (κ2) is 6.16. The number of carbonyl (C=O) groups excluding carboxylic acids is 2. The van der Waals surface area contributed by atoms with Gasteiger partial charge in [0, 0.05) is 4.47 Å². The van der Waals surface area contributed by atoms with Crippen LogP contribution < -0.4 is 5.32 Å². The summed E-state index contributed by atoms with van der Waals surface area (Å²) in [7, 11) is 1.31. The van der Waals surface area contributed by atoms with Gasteiger partial charge in [0.05, 0.1) is 7.11 Å². The second-order valence-corrected chi connectivity index (χ2v) is 5.59. The van der Waals surface area contributed by atoms with Gasteiger partial charge in [-0.15, -0.1) is 11.3 Å². The first-order valence-corrected chi connectivity index (χ1v) is 6.76. The van der Waals surface area contributed by atoms with Crippen LogP contribution in [0.25, 0.3) is 0 Å². The van der Waals surface area contributed by atoms with Crippen LogP contribution in [0.2, 0.25) is 0 Å². The van der Waals surface area contributed by atoms with E-state index >= 15 is 0 Å². The van der Waals surface area contributed by atoms with Crippen molar-refractivity contribution in [1.29, 1.82) is 0 Å². The third kappa shape index (κ3) is 3.54. The number of hydrogen-bond donors (Lipinski definition) is 1. The molecule has 1 atom stereocenters. The van der Waals surface area contributed by atoms with Gasteiger partial charge in [0.2, 0.25) is 0 Å². The lowest BCUT2D eigenvalue weighted by Crippen LogP contribution is -2.44. The SMILES string of the molecule is COC(=O)C(NC(=O)c1sccc1Br)C(C)C. The molecule has 1 aromatic heterocycles. The fourth-order valence-corrected chi connectivity index (χ4v) is 2.74. The Kier molecular flexibility index (Phi) is 5.14. The highest BCUT2D eigenvalue weighted by Crippen LogP contribution is 2.22. The number of thiophene rings is 1. The summed E-state index contributed by atoms with van der Waals surface area (Å²) in [6.45, 7) is 3.71. The molecule has 6 heteroatoms. The number of halogens is 1. The van der Waals surface area contributed by atoms with Gasteiger partial charge in [-0.1, -0.05) is 13.8 Å². The highest BCUT2D eigenvalue weighted by molar-refractivity contribution is 9.10. The molecule has 1 aromatic rings. The van der Waals surface area contributed by atoms with E-state index in [1.54, 1.807) is 6.07 Å². The largest absolute Gasteiger partial charge is 0.467 e. The number of nitrogens with one attached hydrogen (secondary N) is 1. The normalized spacial score (nSPS) is 12.3. The first-order chi connectivity index (χ1) is 7.97. The van der Waals surface area contributed by atoms with E-state index < -0.39 is 12.0 Å². The van der Waals surface area contributed by atoms with E-state index in [1.165, 1.54) is 18.4 Å². The fourth-order valence-electron chi connectivity index (χ4n) is 1.29. The van der Waals surface area contributed by atoms with Gasteiger partial charge in [-0.3, -0.25) is 4.79 Å². The molecule has 0 aliphatic rings. The van der Waals surface area contributed by atoms with Crippen LogP contribution in [0, 0.1) is 5.92 Å². The molecule has 0 aromatic carbocycles. The molecule has 1 N–H and O–H groups in total. The second-order valence-electron chi connectivity index (χ2n) is 3.82. The average Bonchev–Trinajstić information content (AvgIpc) is 2.70. The van der Waals surface area contributed by atoms with Gasteiger partial charge in [0.1, 0.15) is 10.9 Å². The quantitative estimate of drug-likeness (QED) is 0.867. The van der Waals surface area contributed by atoms with Crippen LogP contribution >= 0.6 is 27.3 Å². The molecular weight excluding hydrogens is 306 g/mol. The standard InChI is InChI=1S/C11H14BrNO3S/c1-6(2)8(11(15)16-3)13-10(14)9-7(12)4-5-17-9/h4-6,8H,1-3H3,(H,13,14). The molecule has 0 spiro atoms. The highest BCUT2D eigenvalue weighted by atomic mass is 79.9. The minimum atomic E-state index is -0.624. The van der Waals surface area contributed by atoms with E-state index in [1.807, 2.05) is 19.2 Å². The zero-order valence-corrected chi connectivity index (χ0v) is 12.2. The zero-order chi connectivity index (χ0) is 13.0. The molecular formula is C11H14BrNO3S. The minimum absolute atomic E-state index is 0.0230. The lowest BCUT2D eigenvalue weighted by molar-refractivity contribution is -0.144. The van der Waals surface area contributed by atoms with Gasteiger partial charge in [0.25, 0.3) is 5.91 Å². The summed E-state index contributed by atoms with van der Waals surface area (Å²) in [6.07, 6.45) is 0. The maximum absolute atomic E-state index is 11.9. The van der Waals surface area contributed by atoms with Crippen molar-refractivity contribution in [3.63, 3.8) is 0 Å². The number of rotatable bonds is 4. The summed E-state index contributed by atoms with van der Waals surface area (Å²) in [4.78, 5) is 24.0. The van der Waals surface area contributed by atoms with E-state index in [0.29, 0.717) is 4.88 Å². The summed E-state index contributed by atoms with van der Waals surface area (Å²) in [5.74, 6) is -0.720. The third-order valence-corrected chi connectivity index (χ3v) is 4.07. The van der Waals surface area contributed by atoms with Crippen LogP contribution in [0.5, 0.6) is 0 Å². The summed E-state index contributed by atoms with van der Waals surface area (Å²) >= 11 is 4.60. The molecule has 17 heavy (non-hydrogen) atoms. The number of ether oxygens (including phenoxy) is 1. The molecule has 0 aliphatic heterocycles. The predicted octanol–water partition coefficient (Wildman–Crippen LogP) is 2.44. The van der Waals surface area contributed by atoms with Crippen molar-refractivity contribution in [2.45, 2.75) is 19.9 Å². The molecule has 0 saturated carbocycles. The Morgan fingerprint density at radius 3 is 2.53 bits per heavy atom. The topological polar surface area (TPSA) is 55.4 Å². The fraction of sp³-hybridized carbons (Fsp3) is 0.455. The van der Waals surface area contributed by atoms with Crippen molar-refractivity contribution in [1.82, 2.24) is 5.32 Å². The minimum Gasteiger partial charge on any atom is -0.467 e. The Morgan fingerprint density at radius 1 is 1.47 bits per heavy atom. The van der Waals surface area contributed by atoms with Crippen molar-refractivity contribution in [3.8, 4) is 0 Å². The third-order valence-electron chi connectivity index (χ3n) is 2.23. The van der Waals surface area contributed by atoms with Crippen LogP contribution in [0.1, 0.15) is 23.5 Å². The van der Waals surface area contributed by atoms with Crippen LogP contribution in [-0.2, 0) is 9.53 Å². The molecule has 4 nitrogen and oxygen atoms in total. The number of hydrogen-bond acceptors (Lipinski definition) is 4. The Bertz CT molecular complexity index is 417. The summed E-state index contributed by atoms with van der Waals surface area (Å²) in [5.41, 5.74) is 0. The Balaban J connectivity index is 2.78. The first-order valence-electron chi connectivity index (χ1n) is 5.09. The lowest BCUT2D eigenvalue weighted by Gasteiger charge is -2.19. The molecule has 0 fully saturated rings. The molecule has 0 saturated heterocycles. The van der Waals surface area contributed by atoms with Gasteiger partial charge in [-0.05, 0) is 33.3 Å². The van der Waals surface area contributed by atoms with E-state index in [0.717, 1.165) is 4.47 Å². The van der Waals surface area contributed by atoms with Crippen LogP contribution in [0.15, 0.2) is 15.9 Å². The molecule has 0 bridgehead atoms. The molecule has 1 heterocycles. The monoisotopic (exact) mass is 319 g/mol. The maximum Gasteiger partial charge on any atom is 0.328 e. The molecule has 0 radical (unpaired) electrons. The van der Waals surface area contributed by atoms with Crippen molar-refractivity contribution in [2.75, 3.05) is 7.11 Å². The van der Waals surface area contributed by atoms with E-state index in [2.05, 4.69) is 26.0 Å². The summed E-state index contributed by atoms with van der Waals surface area (Å²) in [6, 6.07) is 1.17. The summed E-state index contributed by atoms with van der Waals surface area (Å²) < 4.78 is 5.39. The van der Waals surface area contributed by atoms with Gasteiger partial charge < -0.3 is 10.1 Å². The van der Waals surface area contributed by atoms with Crippen molar-refractivity contribution < 1.29 is 14.3 Å². The Labute approximate surface area is 112 Å². The Morgan fingerprint density at radius 2 is 2.12 bits per heavy atom. The van der Waals surface area contributed by atoms with Gasteiger partial charge in [0.15, 0.2) is 0 Å².